The molecule has 4 aromatic heterocycles. The maximum Gasteiger partial charge on any atom is 0.273 e. The smallest absolute Gasteiger partial charge is 0.273 e. The third kappa shape index (κ3) is 2.25. The summed E-state index contributed by atoms with van der Waals surface area (Å²) in [7, 11) is 0. The molecule has 0 saturated carbocycles. The molecule has 9 heteroatoms. The van der Waals surface area contributed by atoms with E-state index in [4.69, 9.17) is 5.73 Å². The molecule has 4 heterocycles. The molecule has 5 aromatic rings. The topological polar surface area (TPSA) is 127 Å². The fourth-order valence-corrected chi connectivity index (χ4v) is 3.14. The molecule has 0 atom stereocenters. The Bertz CT molecular complexity index is 1370. The van der Waals surface area contributed by atoms with Crippen LogP contribution in [-0.4, -0.2) is 34.7 Å². The highest BCUT2D eigenvalue weighted by molar-refractivity contribution is 5.87. The monoisotopic (exact) mass is 359 g/mol. The fourth-order valence-electron chi connectivity index (χ4n) is 3.14. The number of hydrogen-bond donors (Lipinski definition) is 3. The van der Waals surface area contributed by atoms with Crippen molar-refractivity contribution in [1.82, 2.24) is 29.5 Å². The Hall–Kier alpha value is -4.14. The van der Waals surface area contributed by atoms with Gasteiger partial charge in [-0.05, 0) is 24.3 Å². The maximum absolute atomic E-state index is 12.6. The van der Waals surface area contributed by atoms with Gasteiger partial charge in [-0.3, -0.25) is 14.9 Å². The first kappa shape index (κ1) is 15.1. The molecule has 132 valence electrons. The van der Waals surface area contributed by atoms with Gasteiger partial charge in [-0.15, -0.1) is 9.94 Å². The van der Waals surface area contributed by atoms with E-state index >= 15 is 0 Å². The number of nitrogens with zero attached hydrogens (tertiary/aromatic N) is 5. The molecule has 0 unspecified atom stereocenters. The molecule has 4 N–H and O–H groups in total. The van der Waals surface area contributed by atoms with E-state index in [1.807, 2.05) is 12.1 Å². The van der Waals surface area contributed by atoms with Gasteiger partial charge >= 0.3 is 0 Å². The Morgan fingerprint density at radius 3 is 2.81 bits per heavy atom. The van der Waals surface area contributed by atoms with Crippen LogP contribution in [0, 0.1) is 0 Å². The number of nitrogens with two attached hydrogens (primary N) is 1. The van der Waals surface area contributed by atoms with Crippen LogP contribution in [0.15, 0.2) is 59.7 Å². The molecule has 5 rings (SSSR count). The van der Waals surface area contributed by atoms with Crippen LogP contribution in [0.1, 0.15) is 0 Å². The van der Waals surface area contributed by atoms with E-state index in [-0.39, 0.29) is 5.56 Å². The molecule has 0 bridgehead atoms. The second kappa shape index (κ2) is 5.43. The SMILES string of the molecule is Nc1[nH]n2c(=O)cc(-c3ccc4c(cnn4O)c3)nc2c1-c1ccccn1. The summed E-state index contributed by atoms with van der Waals surface area (Å²) in [4.78, 5) is 22.4. The van der Waals surface area contributed by atoms with Crippen LogP contribution < -0.4 is 11.3 Å². The van der Waals surface area contributed by atoms with E-state index in [1.54, 1.807) is 30.5 Å². The summed E-state index contributed by atoms with van der Waals surface area (Å²) in [5, 5.41) is 17.0. The van der Waals surface area contributed by atoms with Gasteiger partial charge in [0.25, 0.3) is 5.56 Å². The van der Waals surface area contributed by atoms with Gasteiger partial charge in [0.1, 0.15) is 11.3 Å². The minimum atomic E-state index is -0.290. The highest BCUT2D eigenvalue weighted by Crippen LogP contribution is 2.29. The molecule has 27 heavy (non-hydrogen) atoms. The number of aromatic amines is 1. The summed E-state index contributed by atoms with van der Waals surface area (Å²) in [6.45, 7) is 0. The van der Waals surface area contributed by atoms with Gasteiger partial charge in [-0.2, -0.15) is 4.52 Å². The van der Waals surface area contributed by atoms with Crippen molar-refractivity contribution in [2.24, 2.45) is 0 Å². The first-order valence-corrected chi connectivity index (χ1v) is 8.12. The molecule has 1 aromatic carbocycles. The van der Waals surface area contributed by atoms with Crippen LogP contribution in [0.4, 0.5) is 5.82 Å². The zero-order chi connectivity index (χ0) is 18.5. The van der Waals surface area contributed by atoms with E-state index < -0.39 is 0 Å². The van der Waals surface area contributed by atoms with Crippen LogP contribution in [-0.2, 0) is 0 Å². The first-order chi connectivity index (χ1) is 13.1. The Labute approximate surface area is 151 Å². The third-order valence-electron chi connectivity index (χ3n) is 4.41. The quantitative estimate of drug-likeness (QED) is 0.413. The van der Waals surface area contributed by atoms with Crippen molar-refractivity contribution >= 4 is 22.4 Å². The summed E-state index contributed by atoms with van der Waals surface area (Å²) in [5.41, 5.74) is 9.16. The molecule has 0 saturated heterocycles. The number of H-pyrrole nitrogens is 1. The van der Waals surface area contributed by atoms with Crippen molar-refractivity contribution in [3.05, 3.63) is 65.2 Å². The van der Waals surface area contributed by atoms with Crippen LogP contribution in [0.5, 0.6) is 0 Å². The van der Waals surface area contributed by atoms with Crippen molar-refractivity contribution < 1.29 is 5.21 Å². The first-order valence-electron chi connectivity index (χ1n) is 8.12. The van der Waals surface area contributed by atoms with Gasteiger partial charge in [0.15, 0.2) is 5.65 Å². The molecule has 0 spiro atoms. The summed E-state index contributed by atoms with van der Waals surface area (Å²) in [6, 6.07) is 12.2. The highest BCUT2D eigenvalue weighted by Gasteiger charge is 2.17. The second-order valence-electron chi connectivity index (χ2n) is 6.06. The lowest BCUT2D eigenvalue weighted by atomic mass is 10.1. The van der Waals surface area contributed by atoms with Crippen molar-refractivity contribution in [3.63, 3.8) is 0 Å². The molecular formula is C18H13N7O2. The van der Waals surface area contributed by atoms with Crippen LogP contribution in [0.2, 0.25) is 0 Å². The molecule has 9 nitrogen and oxygen atoms in total. The molecular weight excluding hydrogens is 346 g/mol. The lowest BCUT2D eigenvalue weighted by Crippen LogP contribution is -2.14. The average Bonchev–Trinajstić information content (AvgIpc) is 3.22. The lowest BCUT2D eigenvalue weighted by Gasteiger charge is -2.03. The minimum Gasteiger partial charge on any atom is -0.411 e. The van der Waals surface area contributed by atoms with Gasteiger partial charge in [0, 0.05) is 23.2 Å². The van der Waals surface area contributed by atoms with Crippen molar-refractivity contribution in [1.29, 1.82) is 0 Å². The number of rotatable bonds is 2. The molecule has 0 amide bonds. The second-order valence-corrected chi connectivity index (χ2v) is 6.06. The van der Waals surface area contributed by atoms with Gasteiger partial charge in [0.2, 0.25) is 0 Å². The minimum absolute atomic E-state index is 0.290. The highest BCUT2D eigenvalue weighted by atomic mass is 16.5. The predicted molar refractivity (Wildman–Crippen MR) is 99.4 cm³/mol. The summed E-state index contributed by atoms with van der Waals surface area (Å²) < 4.78 is 1.30. The van der Waals surface area contributed by atoms with E-state index in [2.05, 4.69) is 20.2 Å². The number of aromatic nitrogens is 6. The number of benzene rings is 1. The number of hydrogen-bond acceptors (Lipinski definition) is 6. The number of nitrogen functional groups attached to an aromatic ring is 1. The van der Waals surface area contributed by atoms with E-state index in [0.717, 1.165) is 15.8 Å². The lowest BCUT2D eigenvalue weighted by molar-refractivity contribution is 0.161. The average molecular weight is 359 g/mol. The number of anilines is 1. The van der Waals surface area contributed by atoms with E-state index in [9.17, 15) is 10.0 Å². The van der Waals surface area contributed by atoms with Crippen molar-refractivity contribution in [2.45, 2.75) is 0 Å². The molecule has 0 aliphatic carbocycles. The van der Waals surface area contributed by atoms with Crippen LogP contribution in [0.3, 0.4) is 0 Å². The summed E-state index contributed by atoms with van der Waals surface area (Å²) >= 11 is 0. The number of pyridine rings is 1. The Kier molecular flexibility index (Phi) is 3.04. The zero-order valence-electron chi connectivity index (χ0n) is 13.9. The van der Waals surface area contributed by atoms with Gasteiger partial charge in [-0.1, -0.05) is 12.1 Å². The molecule has 0 radical (unpaired) electrons. The zero-order valence-corrected chi connectivity index (χ0v) is 13.9. The number of fused-ring (bicyclic) bond motifs is 2. The van der Waals surface area contributed by atoms with Gasteiger partial charge in [-0.25, -0.2) is 4.98 Å². The largest absolute Gasteiger partial charge is 0.411 e. The van der Waals surface area contributed by atoms with Gasteiger partial charge < -0.3 is 10.9 Å². The fraction of sp³-hybridized carbons (Fsp3) is 0. The van der Waals surface area contributed by atoms with E-state index in [0.29, 0.717) is 33.9 Å². The van der Waals surface area contributed by atoms with Crippen LogP contribution >= 0.6 is 0 Å². The number of nitrogens with one attached hydrogen (secondary N) is 1. The summed E-state index contributed by atoms with van der Waals surface area (Å²) in [5.74, 6) is 0.312. The molecule has 0 aliphatic rings. The normalized spacial score (nSPS) is 11.4. The Morgan fingerprint density at radius 2 is 2.00 bits per heavy atom. The third-order valence-corrected chi connectivity index (χ3v) is 4.41. The van der Waals surface area contributed by atoms with Crippen molar-refractivity contribution in [2.75, 3.05) is 5.73 Å². The maximum atomic E-state index is 12.6. The standard InChI is InChI=1S/C18H13N7O2/c19-17-16(12-3-1-2-6-20-12)18-22-13(8-15(26)24(18)23-17)10-4-5-14-11(7-10)9-21-25(14)27/h1-9,23,27H,19H2. The van der Waals surface area contributed by atoms with Gasteiger partial charge in [0.05, 0.1) is 23.1 Å². The van der Waals surface area contributed by atoms with E-state index in [1.165, 1.54) is 16.8 Å². The van der Waals surface area contributed by atoms with Crippen molar-refractivity contribution in [3.8, 4) is 22.5 Å². The summed E-state index contributed by atoms with van der Waals surface area (Å²) in [6.07, 6.45) is 3.19. The Balaban J connectivity index is 1.77. The Morgan fingerprint density at radius 1 is 1.11 bits per heavy atom. The predicted octanol–water partition coefficient (Wildman–Crippen LogP) is 1.92. The molecule has 0 fully saturated rings. The molecule has 0 aliphatic heterocycles. The van der Waals surface area contributed by atoms with Crippen LogP contribution in [0.25, 0.3) is 39.1 Å².